The van der Waals surface area contributed by atoms with Gasteiger partial charge in [-0.2, -0.15) is 0 Å². The Bertz CT molecular complexity index is 329. The first-order valence-electron chi connectivity index (χ1n) is 3.86. The Balaban J connectivity index is 3.05. The summed E-state index contributed by atoms with van der Waals surface area (Å²) in [5.74, 6) is 6.27. The molecule has 0 aliphatic heterocycles. The predicted molar refractivity (Wildman–Crippen MR) is 53.5 cm³/mol. The SMILES string of the molecule is Cc1ccc(C)c(C#CCCl)c1. The van der Waals surface area contributed by atoms with Crippen LogP contribution in [0.1, 0.15) is 16.7 Å². The van der Waals surface area contributed by atoms with E-state index in [9.17, 15) is 0 Å². The number of alkyl halides is 1. The Morgan fingerprint density at radius 1 is 1.33 bits per heavy atom. The van der Waals surface area contributed by atoms with Crippen LogP contribution in [0, 0.1) is 25.7 Å². The van der Waals surface area contributed by atoms with E-state index in [1.54, 1.807) is 0 Å². The molecular weight excluding hydrogens is 168 g/mol. The van der Waals surface area contributed by atoms with Crippen LogP contribution in [-0.2, 0) is 0 Å². The molecule has 0 N–H and O–H groups in total. The molecule has 0 heterocycles. The zero-order valence-electron chi connectivity index (χ0n) is 7.32. The van der Waals surface area contributed by atoms with Gasteiger partial charge in [-0.15, -0.1) is 11.6 Å². The lowest BCUT2D eigenvalue weighted by Crippen LogP contribution is -1.83. The minimum absolute atomic E-state index is 0.396. The third kappa shape index (κ3) is 2.29. The lowest BCUT2D eigenvalue weighted by atomic mass is 10.1. The van der Waals surface area contributed by atoms with E-state index in [4.69, 9.17) is 11.6 Å². The van der Waals surface area contributed by atoms with Crippen molar-refractivity contribution in [2.24, 2.45) is 0 Å². The van der Waals surface area contributed by atoms with Gasteiger partial charge in [-0.3, -0.25) is 0 Å². The molecule has 1 aromatic carbocycles. The minimum Gasteiger partial charge on any atom is -0.113 e. The highest BCUT2D eigenvalue weighted by Crippen LogP contribution is 2.08. The molecule has 0 atom stereocenters. The van der Waals surface area contributed by atoms with E-state index in [2.05, 4.69) is 43.9 Å². The van der Waals surface area contributed by atoms with Gasteiger partial charge in [-0.05, 0) is 31.0 Å². The summed E-state index contributed by atoms with van der Waals surface area (Å²) >= 11 is 5.47. The van der Waals surface area contributed by atoms with Crippen LogP contribution in [0.25, 0.3) is 0 Å². The molecule has 62 valence electrons. The molecule has 0 spiro atoms. The number of benzene rings is 1. The van der Waals surface area contributed by atoms with E-state index >= 15 is 0 Å². The van der Waals surface area contributed by atoms with Crippen molar-refractivity contribution < 1.29 is 0 Å². The summed E-state index contributed by atoms with van der Waals surface area (Å²) < 4.78 is 0. The second kappa shape index (κ2) is 4.18. The van der Waals surface area contributed by atoms with E-state index in [1.807, 2.05) is 0 Å². The Labute approximate surface area is 78.6 Å². The summed E-state index contributed by atoms with van der Waals surface area (Å²) in [6, 6.07) is 6.24. The van der Waals surface area contributed by atoms with Crippen molar-refractivity contribution in [1.29, 1.82) is 0 Å². The summed E-state index contributed by atoms with van der Waals surface area (Å²) in [6.45, 7) is 4.11. The monoisotopic (exact) mass is 178 g/mol. The van der Waals surface area contributed by atoms with Gasteiger partial charge in [-0.1, -0.05) is 24.0 Å². The van der Waals surface area contributed by atoms with Gasteiger partial charge in [0.25, 0.3) is 0 Å². The van der Waals surface area contributed by atoms with Crippen molar-refractivity contribution in [1.82, 2.24) is 0 Å². The van der Waals surface area contributed by atoms with Gasteiger partial charge in [0, 0.05) is 5.56 Å². The van der Waals surface area contributed by atoms with Gasteiger partial charge in [0.15, 0.2) is 0 Å². The Kier molecular flexibility index (Phi) is 3.19. The molecule has 0 radical (unpaired) electrons. The largest absolute Gasteiger partial charge is 0.113 e. The molecule has 0 amide bonds. The Morgan fingerprint density at radius 3 is 2.75 bits per heavy atom. The second-order valence-corrected chi connectivity index (χ2v) is 3.02. The van der Waals surface area contributed by atoms with Crippen molar-refractivity contribution in [2.45, 2.75) is 13.8 Å². The van der Waals surface area contributed by atoms with Crippen LogP contribution in [-0.4, -0.2) is 5.88 Å². The van der Waals surface area contributed by atoms with E-state index < -0.39 is 0 Å². The first-order chi connectivity index (χ1) is 5.74. The van der Waals surface area contributed by atoms with Crippen LogP contribution in [0.15, 0.2) is 18.2 Å². The highest BCUT2D eigenvalue weighted by Gasteiger charge is 1.92. The van der Waals surface area contributed by atoms with Crippen molar-refractivity contribution in [3.05, 3.63) is 34.9 Å². The molecule has 1 aromatic rings. The minimum atomic E-state index is 0.396. The predicted octanol–water partition coefficient (Wildman–Crippen LogP) is 2.89. The molecule has 0 unspecified atom stereocenters. The Morgan fingerprint density at radius 2 is 2.08 bits per heavy atom. The molecule has 0 saturated carbocycles. The van der Waals surface area contributed by atoms with Crippen LogP contribution in [0.3, 0.4) is 0 Å². The summed E-state index contributed by atoms with van der Waals surface area (Å²) in [4.78, 5) is 0. The zero-order valence-corrected chi connectivity index (χ0v) is 8.07. The van der Waals surface area contributed by atoms with Gasteiger partial charge in [0.2, 0.25) is 0 Å². The number of rotatable bonds is 0. The van der Waals surface area contributed by atoms with Gasteiger partial charge >= 0.3 is 0 Å². The molecule has 1 rings (SSSR count). The van der Waals surface area contributed by atoms with Crippen LogP contribution < -0.4 is 0 Å². The van der Waals surface area contributed by atoms with Gasteiger partial charge in [0.05, 0.1) is 5.88 Å². The summed E-state index contributed by atoms with van der Waals surface area (Å²) in [5.41, 5.74) is 3.52. The third-order valence-electron chi connectivity index (χ3n) is 1.68. The molecule has 12 heavy (non-hydrogen) atoms. The molecule has 0 aliphatic rings. The van der Waals surface area contributed by atoms with Crippen LogP contribution >= 0.6 is 11.6 Å². The first kappa shape index (κ1) is 9.16. The molecule has 0 nitrogen and oxygen atoms in total. The maximum atomic E-state index is 5.47. The maximum Gasteiger partial charge on any atom is 0.0839 e. The fourth-order valence-corrected chi connectivity index (χ4v) is 1.07. The fourth-order valence-electron chi connectivity index (χ4n) is 0.999. The normalized spacial score (nSPS) is 8.92. The number of hydrogen-bond donors (Lipinski definition) is 0. The van der Waals surface area contributed by atoms with Crippen molar-refractivity contribution >= 4 is 11.6 Å². The zero-order chi connectivity index (χ0) is 8.97. The summed E-state index contributed by atoms with van der Waals surface area (Å²) in [5, 5.41) is 0. The van der Waals surface area contributed by atoms with Gasteiger partial charge in [0.1, 0.15) is 0 Å². The van der Waals surface area contributed by atoms with Crippen LogP contribution in [0.5, 0.6) is 0 Å². The third-order valence-corrected chi connectivity index (χ3v) is 1.82. The van der Waals surface area contributed by atoms with Crippen LogP contribution in [0.2, 0.25) is 0 Å². The average Bonchev–Trinajstić information content (AvgIpc) is 2.07. The van der Waals surface area contributed by atoms with E-state index in [0.717, 1.165) is 5.56 Å². The highest BCUT2D eigenvalue weighted by atomic mass is 35.5. The summed E-state index contributed by atoms with van der Waals surface area (Å²) in [7, 11) is 0. The number of hydrogen-bond acceptors (Lipinski definition) is 0. The van der Waals surface area contributed by atoms with Crippen molar-refractivity contribution in [2.75, 3.05) is 5.88 Å². The number of halogens is 1. The molecule has 0 bridgehead atoms. The molecule has 1 heteroatoms. The topological polar surface area (TPSA) is 0 Å². The average molecular weight is 179 g/mol. The van der Waals surface area contributed by atoms with Crippen molar-refractivity contribution in [3.63, 3.8) is 0 Å². The Hall–Kier alpha value is -0.930. The van der Waals surface area contributed by atoms with Crippen molar-refractivity contribution in [3.8, 4) is 11.8 Å². The van der Waals surface area contributed by atoms with Gasteiger partial charge in [-0.25, -0.2) is 0 Å². The maximum absolute atomic E-state index is 5.47. The molecule has 0 aliphatic carbocycles. The first-order valence-corrected chi connectivity index (χ1v) is 4.39. The van der Waals surface area contributed by atoms with E-state index in [0.29, 0.717) is 5.88 Å². The fraction of sp³-hybridized carbons (Fsp3) is 0.273. The lowest BCUT2D eigenvalue weighted by Gasteiger charge is -1.98. The van der Waals surface area contributed by atoms with Crippen LogP contribution in [0.4, 0.5) is 0 Å². The highest BCUT2D eigenvalue weighted by molar-refractivity contribution is 6.19. The van der Waals surface area contributed by atoms with E-state index in [1.165, 1.54) is 11.1 Å². The standard InChI is InChI=1S/C11H11Cl/c1-9-5-6-10(2)11(8-9)4-3-7-12/h5-6,8H,7H2,1-2H3. The molecule has 0 saturated heterocycles. The summed E-state index contributed by atoms with van der Waals surface area (Å²) in [6.07, 6.45) is 0. The molecule has 0 aromatic heterocycles. The lowest BCUT2D eigenvalue weighted by molar-refractivity contribution is 1.37. The van der Waals surface area contributed by atoms with Gasteiger partial charge < -0.3 is 0 Å². The quantitative estimate of drug-likeness (QED) is 0.423. The molecule has 0 fully saturated rings. The number of aryl methyl sites for hydroxylation is 2. The smallest absolute Gasteiger partial charge is 0.0839 e. The van der Waals surface area contributed by atoms with E-state index in [-0.39, 0.29) is 0 Å². The second-order valence-electron chi connectivity index (χ2n) is 2.75. The molecular formula is C11H11Cl.